The third-order valence-corrected chi connectivity index (χ3v) is 4.47. The third kappa shape index (κ3) is 3.66. The number of hydrogen-bond acceptors (Lipinski definition) is 2. The molecule has 0 radical (unpaired) electrons. The Hall–Kier alpha value is -1.16. The van der Waals surface area contributed by atoms with Gasteiger partial charge in [0.05, 0.1) is 5.92 Å². The van der Waals surface area contributed by atoms with Crippen LogP contribution < -0.4 is 0 Å². The van der Waals surface area contributed by atoms with Crippen molar-refractivity contribution in [2.45, 2.75) is 32.1 Å². The van der Waals surface area contributed by atoms with E-state index >= 15 is 0 Å². The van der Waals surface area contributed by atoms with Crippen molar-refractivity contribution in [1.82, 2.24) is 0 Å². The van der Waals surface area contributed by atoms with Crippen molar-refractivity contribution in [1.29, 1.82) is 0 Å². The summed E-state index contributed by atoms with van der Waals surface area (Å²) in [4.78, 5) is 23.3. The second-order valence-corrected chi connectivity index (χ2v) is 6.03. The van der Waals surface area contributed by atoms with Gasteiger partial charge in [-0.15, -0.1) is 0 Å². The molecule has 1 aromatic rings. The first-order valence-electron chi connectivity index (χ1n) is 6.58. The molecule has 1 fully saturated rings. The van der Waals surface area contributed by atoms with E-state index in [4.69, 9.17) is 5.11 Å². The van der Waals surface area contributed by atoms with Gasteiger partial charge in [0.15, 0.2) is 5.78 Å². The molecule has 1 N–H and O–H groups in total. The highest BCUT2D eigenvalue weighted by molar-refractivity contribution is 9.10. The molecule has 2 rings (SSSR count). The molecule has 3 nitrogen and oxygen atoms in total. The quantitative estimate of drug-likeness (QED) is 0.854. The molecule has 1 aliphatic rings. The van der Waals surface area contributed by atoms with Crippen LogP contribution in [0.15, 0.2) is 28.7 Å². The molecule has 0 unspecified atom stereocenters. The number of Topliss-reactive ketones (excluding diaryl/α,β-unsaturated/α-hetero) is 1. The van der Waals surface area contributed by atoms with Crippen molar-refractivity contribution < 1.29 is 14.7 Å². The molecular weight excluding hydrogens is 308 g/mol. The molecule has 0 spiro atoms. The Morgan fingerprint density at radius 3 is 2.68 bits per heavy atom. The van der Waals surface area contributed by atoms with Gasteiger partial charge in [-0.2, -0.15) is 0 Å². The number of halogens is 1. The van der Waals surface area contributed by atoms with Gasteiger partial charge < -0.3 is 5.11 Å². The number of rotatable bonds is 4. The topological polar surface area (TPSA) is 54.4 Å². The normalized spacial score (nSPS) is 23.0. The van der Waals surface area contributed by atoms with Crippen LogP contribution in [0.3, 0.4) is 0 Å². The fourth-order valence-electron chi connectivity index (χ4n) is 2.76. The van der Waals surface area contributed by atoms with Crippen molar-refractivity contribution >= 4 is 27.7 Å². The minimum atomic E-state index is -0.724. The monoisotopic (exact) mass is 324 g/mol. The molecule has 102 valence electrons. The van der Waals surface area contributed by atoms with Crippen LogP contribution in [-0.2, 0) is 4.79 Å². The molecule has 0 amide bonds. The molecule has 0 heterocycles. The van der Waals surface area contributed by atoms with E-state index in [0.717, 1.165) is 23.7 Å². The summed E-state index contributed by atoms with van der Waals surface area (Å²) in [6.07, 6.45) is 3.69. The number of carbonyl (C=O) groups is 2. The van der Waals surface area contributed by atoms with Gasteiger partial charge in [0, 0.05) is 16.5 Å². The van der Waals surface area contributed by atoms with Crippen molar-refractivity contribution in [3.8, 4) is 0 Å². The molecule has 2 atom stereocenters. The summed E-state index contributed by atoms with van der Waals surface area (Å²) in [5.74, 6) is -0.693. The number of carboxylic acid groups (broad SMARTS) is 1. The van der Waals surface area contributed by atoms with Gasteiger partial charge in [0.25, 0.3) is 0 Å². The van der Waals surface area contributed by atoms with Crippen LogP contribution in [0.5, 0.6) is 0 Å². The van der Waals surface area contributed by atoms with E-state index in [0.29, 0.717) is 18.4 Å². The van der Waals surface area contributed by atoms with Crippen LogP contribution in [0.4, 0.5) is 0 Å². The van der Waals surface area contributed by atoms with Gasteiger partial charge in [0.2, 0.25) is 0 Å². The van der Waals surface area contributed by atoms with Gasteiger partial charge in [-0.3, -0.25) is 9.59 Å². The summed E-state index contributed by atoms with van der Waals surface area (Å²) in [6, 6.07) is 7.39. The Kier molecular flexibility index (Phi) is 4.75. The van der Waals surface area contributed by atoms with E-state index in [-0.39, 0.29) is 17.6 Å². The van der Waals surface area contributed by atoms with E-state index < -0.39 is 5.97 Å². The average Bonchev–Trinajstić information content (AvgIpc) is 2.39. The predicted molar refractivity (Wildman–Crippen MR) is 76.2 cm³/mol. The lowest BCUT2D eigenvalue weighted by molar-refractivity contribution is -0.143. The molecule has 1 aromatic carbocycles. The fraction of sp³-hybridized carbons (Fsp3) is 0.467. The summed E-state index contributed by atoms with van der Waals surface area (Å²) >= 11 is 3.38. The standard InChI is InChI=1S/C15H17BrO3/c16-13-7-2-1-6-12(13)14(17)9-10-4-3-5-11(8-10)15(18)19/h1-2,6-7,10-11H,3-5,8-9H2,(H,18,19)/t10-,11+/m1/s1. The maximum atomic E-state index is 12.2. The maximum Gasteiger partial charge on any atom is 0.306 e. The lowest BCUT2D eigenvalue weighted by atomic mass is 9.78. The van der Waals surface area contributed by atoms with Crippen LogP contribution in [0.25, 0.3) is 0 Å². The first kappa shape index (κ1) is 14.3. The Balaban J connectivity index is 1.99. The molecule has 1 aliphatic carbocycles. The molecule has 19 heavy (non-hydrogen) atoms. The SMILES string of the molecule is O=C(C[C@@H]1CCC[C@H](C(=O)O)C1)c1ccccc1Br. The summed E-state index contributed by atoms with van der Waals surface area (Å²) in [7, 11) is 0. The van der Waals surface area contributed by atoms with E-state index in [1.165, 1.54) is 0 Å². The summed E-state index contributed by atoms with van der Waals surface area (Å²) < 4.78 is 0.811. The van der Waals surface area contributed by atoms with Crippen molar-refractivity contribution in [3.63, 3.8) is 0 Å². The Bertz CT molecular complexity index is 484. The largest absolute Gasteiger partial charge is 0.481 e. The first-order chi connectivity index (χ1) is 9.08. The zero-order valence-electron chi connectivity index (χ0n) is 10.6. The van der Waals surface area contributed by atoms with E-state index in [1.807, 2.05) is 24.3 Å². The highest BCUT2D eigenvalue weighted by atomic mass is 79.9. The molecular formula is C15H17BrO3. The third-order valence-electron chi connectivity index (χ3n) is 3.78. The molecule has 1 saturated carbocycles. The van der Waals surface area contributed by atoms with Crippen LogP contribution in [0, 0.1) is 11.8 Å². The molecule has 0 saturated heterocycles. The minimum absolute atomic E-state index is 0.100. The summed E-state index contributed by atoms with van der Waals surface area (Å²) in [5, 5.41) is 9.06. The van der Waals surface area contributed by atoms with Gasteiger partial charge in [-0.25, -0.2) is 0 Å². The fourth-order valence-corrected chi connectivity index (χ4v) is 3.27. The van der Waals surface area contributed by atoms with E-state index in [2.05, 4.69) is 15.9 Å². The number of carbonyl (C=O) groups excluding carboxylic acids is 1. The van der Waals surface area contributed by atoms with Crippen LogP contribution in [0.1, 0.15) is 42.5 Å². The van der Waals surface area contributed by atoms with Gasteiger partial charge in [0.1, 0.15) is 0 Å². The number of carboxylic acids is 1. The van der Waals surface area contributed by atoms with E-state index in [9.17, 15) is 9.59 Å². The van der Waals surface area contributed by atoms with Gasteiger partial charge in [-0.1, -0.05) is 40.5 Å². The molecule has 0 bridgehead atoms. The van der Waals surface area contributed by atoms with Crippen LogP contribution in [-0.4, -0.2) is 16.9 Å². The smallest absolute Gasteiger partial charge is 0.306 e. The Morgan fingerprint density at radius 1 is 1.26 bits per heavy atom. The number of benzene rings is 1. The lowest BCUT2D eigenvalue weighted by Crippen LogP contribution is -2.24. The number of aliphatic carboxylic acids is 1. The zero-order valence-corrected chi connectivity index (χ0v) is 12.2. The maximum absolute atomic E-state index is 12.2. The molecule has 0 aliphatic heterocycles. The number of hydrogen-bond donors (Lipinski definition) is 1. The predicted octanol–water partition coefficient (Wildman–Crippen LogP) is 3.91. The molecule has 0 aromatic heterocycles. The van der Waals surface area contributed by atoms with Crippen LogP contribution in [0.2, 0.25) is 0 Å². The van der Waals surface area contributed by atoms with Crippen LogP contribution >= 0.6 is 15.9 Å². The first-order valence-corrected chi connectivity index (χ1v) is 7.37. The van der Waals surface area contributed by atoms with Gasteiger partial charge in [-0.05, 0) is 31.2 Å². The minimum Gasteiger partial charge on any atom is -0.481 e. The van der Waals surface area contributed by atoms with Gasteiger partial charge >= 0.3 is 5.97 Å². The second kappa shape index (κ2) is 6.33. The molecule has 4 heteroatoms. The number of ketones is 1. The highest BCUT2D eigenvalue weighted by Crippen LogP contribution is 2.32. The lowest BCUT2D eigenvalue weighted by Gasteiger charge is -2.26. The Morgan fingerprint density at radius 2 is 2.00 bits per heavy atom. The summed E-state index contributed by atoms with van der Waals surface area (Å²) in [5.41, 5.74) is 0.694. The van der Waals surface area contributed by atoms with E-state index in [1.54, 1.807) is 0 Å². The zero-order chi connectivity index (χ0) is 13.8. The highest BCUT2D eigenvalue weighted by Gasteiger charge is 2.28. The van der Waals surface area contributed by atoms with Crippen molar-refractivity contribution in [2.24, 2.45) is 11.8 Å². The Labute approximate surface area is 121 Å². The second-order valence-electron chi connectivity index (χ2n) is 5.17. The van der Waals surface area contributed by atoms with Crippen molar-refractivity contribution in [2.75, 3.05) is 0 Å². The summed E-state index contributed by atoms with van der Waals surface area (Å²) in [6.45, 7) is 0. The average molecular weight is 325 g/mol. The van der Waals surface area contributed by atoms with Crippen molar-refractivity contribution in [3.05, 3.63) is 34.3 Å².